The summed E-state index contributed by atoms with van der Waals surface area (Å²) in [6.07, 6.45) is 1.89. The van der Waals surface area contributed by atoms with Crippen molar-refractivity contribution in [1.82, 2.24) is 10.2 Å². The summed E-state index contributed by atoms with van der Waals surface area (Å²) in [5.41, 5.74) is 3.02. The highest BCUT2D eigenvalue weighted by atomic mass is 16.5. The normalized spacial score (nSPS) is 11.5. The van der Waals surface area contributed by atoms with E-state index in [0.29, 0.717) is 18.0 Å². The van der Waals surface area contributed by atoms with Crippen molar-refractivity contribution in [3.63, 3.8) is 0 Å². The van der Waals surface area contributed by atoms with E-state index in [-0.39, 0.29) is 25.0 Å². The molecule has 0 aliphatic rings. The van der Waals surface area contributed by atoms with E-state index in [2.05, 4.69) is 12.2 Å². The predicted octanol–water partition coefficient (Wildman–Crippen LogP) is 4.02. The lowest BCUT2D eigenvalue weighted by Crippen LogP contribution is -2.49. The fourth-order valence-corrected chi connectivity index (χ4v) is 3.33. The van der Waals surface area contributed by atoms with Gasteiger partial charge in [-0.1, -0.05) is 31.5 Å². The molecule has 0 heterocycles. The van der Waals surface area contributed by atoms with E-state index >= 15 is 0 Å². The monoisotopic (exact) mass is 426 g/mol. The summed E-state index contributed by atoms with van der Waals surface area (Å²) in [5.74, 6) is 0.930. The molecule has 0 aliphatic carbocycles. The van der Waals surface area contributed by atoms with Crippen molar-refractivity contribution < 1.29 is 19.1 Å². The zero-order valence-electron chi connectivity index (χ0n) is 19.2. The second kappa shape index (κ2) is 12.0. The lowest BCUT2D eigenvalue weighted by molar-refractivity contribution is -0.142. The molecule has 2 amide bonds. The second-order valence-electron chi connectivity index (χ2n) is 7.81. The van der Waals surface area contributed by atoms with Gasteiger partial charge in [0, 0.05) is 13.1 Å². The van der Waals surface area contributed by atoms with E-state index in [1.807, 2.05) is 56.3 Å². The molecule has 0 bridgehead atoms. The van der Waals surface area contributed by atoms with Gasteiger partial charge in [-0.05, 0) is 68.1 Å². The molecule has 0 saturated carbocycles. The fourth-order valence-electron chi connectivity index (χ4n) is 3.33. The van der Waals surface area contributed by atoms with E-state index in [1.165, 1.54) is 0 Å². The topological polar surface area (TPSA) is 67.9 Å². The number of amides is 2. The molecule has 1 atom stereocenters. The van der Waals surface area contributed by atoms with Crippen molar-refractivity contribution in [3.05, 3.63) is 59.2 Å². The van der Waals surface area contributed by atoms with Crippen LogP contribution in [0.1, 0.15) is 43.4 Å². The fraction of sp³-hybridized carbons (Fsp3) is 0.440. The molecule has 0 aromatic heterocycles. The van der Waals surface area contributed by atoms with E-state index in [1.54, 1.807) is 18.9 Å². The van der Waals surface area contributed by atoms with Gasteiger partial charge in [0.2, 0.25) is 5.91 Å². The smallest absolute Gasteiger partial charge is 0.261 e. The summed E-state index contributed by atoms with van der Waals surface area (Å²) in [4.78, 5) is 27.3. The minimum atomic E-state index is -0.626. The van der Waals surface area contributed by atoms with Crippen LogP contribution in [-0.4, -0.2) is 43.0 Å². The summed E-state index contributed by atoms with van der Waals surface area (Å²) in [7, 11) is 1.60. The van der Waals surface area contributed by atoms with Gasteiger partial charge < -0.3 is 19.7 Å². The van der Waals surface area contributed by atoms with Gasteiger partial charge in [-0.2, -0.15) is 0 Å². The van der Waals surface area contributed by atoms with Gasteiger partial charge in [0.1, 0.15) is 17.5 Å². The van der Waals surface area contributed by atoms with Crippen molar-refractivity contribution in [3.8, 4) is 11.5 Å². The maximum atomic E-state index is 13.1. The van der Waals surface area contributed by atoms with Crippen LogP contribution < -0.4 is 14.8 Å². The number of aryl methyl sites for hydroxylation is 2. The van der Waals surface area contributed by atoms with Gasteiger partial charge in [0.05, 0.1) is 7.11 Å². The first-order chi connectivity index (χ1) is 14.8. The quantitative estimate of drug-likeness (QED) is 0.551. The Morgan fingerprint density at radius 3 is 2.42 bits per heavy atom. The van der Waals surface area contributed by atoms with Crippen LogP contribution >= 0.6 is 0 Å². The average Bonchev–Trinajstić information content (AvgIpc) is 2.75. The maximum absolute atomic E-state index is 13.1. The van der Waals surface area contributed by atoms with E-state index in [0.717, 1.165) is 29.5 Å². The number of ether oxygens (including phenoxy) is 2. The Hall–Kier alpha value is -3.02. The largest absolute Gasteiger partial charge is 0.497 e. The summed E-state index contributed by atoms with van der Waals surface area (Å²) >= 11 is 0. The summed E-state index contributed by atoms with van der Waals surface area (Å²) in [5, 5.41) is 2.92. The third-order valence-electron chi connectivity index (χ3n) is 5.04. The average molecular weight is 427 g/mol. The summed E-state index contributed by atoms with van der Waals surface area (Å²) < 4.78 is 11.1. The van der Waals surface area contributed by atoms with Crippen molar-refractivity contribution in [2.24, 2.45) is 0 Å². The van der Waals surface area contributed by atoms with Gasteiger partial charge in [-0.15, -0.1) is 0 Å². The molecule has 0 spiro atoms. The molecule has 0 aliphatic heterocycles. The second-order valence-corrected chi connectivity index (χ2v) is 7.81. The zero-order valence-corrected chi connectivity index (χ0v) is 19.2. The lowest BCUT2D eigenvalue weighted by atomic mass is 10.1. The molecule has 168 valence electrons. The van der Waals surface area contributed by atoms with Crippen LogP contribution in [0.4, 0.5) is 0 Å². The number of hydrogen-bond acceptors (Lipinski definition) is 4. The number of nitrogens with one attached hydrogen (secondary N) is 1. The molecule has 0 unspecified atom stereocenters. The molecular weight excluding hydrogens is 392 g/mol. The van der Waals surface area contributed by atoms with Gasteiger partial charge in [0.25, 0.3) is 5.91 Å². The Balaban J connectivity index is 2.16. The Labute approximate surface area is 185 Å². The Morgan fingerprint density at radius 1 is 1.06 bits per heavy atom. The van der Waals surface area contributed by atoms with Gasteiger partial charge >= 0.3 is 0 Å². The minimum absolute atomic E-state index is 0.139. The Kier molecular flexibility index (Phi) is 9.38. The van der Waals surface area contributed by atoms with Crippen LogP contribution in [0.25, 0.3) is 0 Å². The standard InChI is InChI=1S/C25H34N2O4/c1-6-7-11-26-25(29)20(4)27(16-21-9-8-10-22(15-21)30-5)24(28)17-31-23-13-18(2)12-19(3)14-23/h8-10,12-15,20H,6-7,11,16-17H2,1-5H3,(H,26,29)/t20-/m1/s1. The maximum Gasteiger partial charge on any atom is 0.261 e. The molecule has 0 radical (unpaired) electrons. The highest BCUT2D eigenvalue weighted by molar-refractivity contribution is 5.87. The lowest BCUT2D eigenvalue weighted by Gasteiger charge is -2.29. The number of carbonyl (C=O) groups excluding carboxylic acids is 2. The van der Waals surface area contributed by atoms with Crippen LogP contribution in [-0.2, 0) is 16.1 Å². The van der Waals surface area contributed by atoms with Crippen molar-refractivity contribution in [1.29, 1.82) is 0 Å². The molecule has 2 rings (SSSR count). The van der Waals surface area contributed by atoms with Gasteiger partial charge in [-0.3, -0.25) is 9.59 Å². The third kappa shape index (κ3) is 7.63. The van der Waals surface area contributed by atoms with Crippen LogP contribution in [0.15, 0.2) is 42.5 Å². The summed E-state index contributed by atoms with van der Waals surface area (Å²) in [6.45, 7) is 8.53. The zero-order chi connectivity index (χ0) is 22.8. The molecule has 2 aromatic carbocycles. The molecule has 0 saturated heterocycles. The highest BCUT2D eigenvalue weighted by Gasteiger charge is 2.26. The SMILES string of the molecule is CCCCNC(=O)[C@@H](C)N(Cc1cccc(OC)c1)C(=O)COc1cc(C)cc(C)c1. The number of carbonyl (C=O) groups is 2. The number of nitrogens with zero attached hydrogens (tertiary/aromatic N) is 1. The summed E-state index contributed by atoms with van der Waals surface area (Å²) in [6, 6.07) is 12.7. The predicted molar refractivity (Wildman–Crippen MR) is 122 cm³/mol. The van der Waals surface area contributed by atoms with Crippen molar-refractivity contribution in [2.75, 3.05) is 20.3 Å². The van der Waals surface area contributed by atoms with E-state index < -0.39 is 6.04 Å². The molecule has 31 heavy (non-hydrogen) atoms. The van der Waals surface area contributed by atoms with Crippen LogP contribution in [0.2, 0.25) is 0 Å². The van der Waals surface area contributed by atoms with E-state index in [9.17, 15) is 9.59 Å². The van der Waals surface area contributed by atoms with Crippen molar-refractivity contribution >= 4 is 11.8 Å². The third-order valence-corrected chi connectivity index (χ3v) is 5.04. The number of benzene rings is 2. The number of unbranched alkanes of at least 4 members (excludes halogenated alkanes) is 1. The van der Waals surface area contributed by atoms with Crippen molar-refractivity contribution in [2.45, 2.75) is 53.1 Å². The molecule has 6 nitrogen and oxygen atoms in total. The Morgan fingerprint density at radius 2 is 1.77 bits per heavy atom. The first-order valence-electron chi connectivity index (χ1n) is 10.7. The number of rotatable bonds is 11. The minimum Gasteiger partial charge on any atom is -0.497 e. The number of methoxy groups -OCH3 is 1. The van der Waals surface area contributed by atoms with Crippen LogP contribution in [0.5, 0.6) is 11.5 Å². The van der Waals surface area contributed by atoms with E-state index in [4.69, 9.17) is 9.47 Å². The van der Waals surface area contributed by atoms with Crippen LogP contribution in [0, 0.1) is 13.8 Å². The Bertz CT molecular complexity index is 861. The molecule has 2 aromatic rings. The highest BCUT2D eigenvalue weighted by Crippen LogP contribution is 2.18. The van der Waals surface area contributed by atoms with Gasteiger partial charge in [0.15, 0.2) is 6.61 Å². The first kappa shape index (κ1) is 24.3. The van der Waals surface area contributed by atoms with Crippen LogP contribution in [0.3, 0.4) is 0 Å². The van der Waals surface area contributed by atoms with Gasteiger partial charge in [-0.25, -0.2) is 0 Å². The molecule has 6 heteroatoms. The molecule has 0 fully saturated rings. The molecule has 1 N–H and O–H groups in total. The number of hydrogen-bond donors (Lipinski definition) is 1. The first-order valence-corrected chi connectivity index (χ1v) is 10.7. The molecular formula is C25H34N2O4.